The highest BCUT2D eigenvalue weighted by Crippen LogP contribution is 2.68. The zero-order chi connectivity index (χ0) is 30.8. The molecule has 0 aromatic rings. The molecule has 0 aromatic heterocycles. The SMILES string of the molecule is CC(=O)O[C@@H]1C[C@H]2C(=O)C=C3[C@H](CC[C@]4(C)[C@@H]([C@@](C)(O)[C@@H](CCC(C)(O)CO)OC(C)=O)CC[C@@]34O)[C@@]2(C)C[C@@H]1O. The van der Waals surface area contributed by atoms with Crippen molar-refractivity contribution >= 4 is 17.7 Å². The Morgan fingerprint density at radius 2 is 1.76 bits per heavy atom. The predicted molar refractivity (Wildman–Crippen MR) is 147 cm³/mol. The quantitative estimate of drug-likeness (QED) is 0.267. The first-order valence-corrected chi connectivity index (χ1v) is 14.9. The number of hydrogen-bond donors (Lipinski definition) is 5. The molecule has 10 heteroatoms. The fourth-order valence-electron chi connectivity index (χ4n) is 9.05. The van der Waals surface area contributed by atoms with Crippen LogP contribution in [0.15, 0.2) is 11.6 Å². The van der Waals surface area contributed by atoms with Gasteiger partial charge in [0.05, 0.1) is 23.9 Å². The number of ketones is 1. The van der Waals surface area contributed by atoms with Gasteiger partial charge in [0.1, 0.15) is 17.8 Å². The van der Waals surface area contributed by atoms with Crippen LogP contribution >= 0.6 is 0 Å². The Kier molecular flexibility index (Phi) is 8.37. The molecule has 4 aliphatic rings. The Labute approximate surface area is 242 Å². The number of allylic oxidation sites excluding steroid dienone is 1. The van der Waals surface area contributed by atoms with Gasteiger partial charge in [0.2, 0.25) is 0 Å². The molecule has 0 heterocycles. The highest BCUT2D eigenvalue weighted by atomic mass is 16.6. The lowest BCUT2D eigenvalue weighted by molar-refractivity contribution is -0.194. The van der Waals surface area contributed by atoms with E-state index in [0.29, 0.717) is 31.3 Å². The lowest BCUT2D eigenvalue weighted by Crippen LogP contribution is -2.63. The molecule has 3 fully saturated rings. The van der Waals surface area contributed by atoms with Crippen LogP contribution in [0.25, 0.3) is 0 Å². The van der Waals surface area contributed by atoms with Crippen molar-refractivity contribution in [1.82, 2.24) is 0 Å². The Balaban J connectivity index is 1.67. The molecule has 0 aliphatic heterocycles. The molecule has 1 unspecified atom stereocenters. The Hall–Kier alpha value is -1.85. The molecule has 4 rings (SSSR count). The third kappa shape index (κ3) is 5.28. The first kappa shape index (κ1) is 32.1. The van der Waals surface area contributed by atoms with E-state index < -0.39 is 76.3 Å². The molecule has 11 atom stereocenters. The first-order valence-electron chi connectivity index (χ1n) is 14.9. The maximum atomic E-state index is 13.6. The molecular weight excluding hydrogens is 532 g/mol. The summed E-state index contributed by atoms with van der Waals surface area (Å²) >= 11 is 0. The number of esters is 2. The second-order valence-corrected chi connectivity index (χ2v) is 14.2. The summed E-state index contributed by atoms with van der Waals surface area (Å²) in [6, 6.07) is 0. The number of ether oxygens (including phenoxy) is 2. The van der Waals surface area contributed by atoms with E-state index in [9.17, 15) is 39.9 Å². The van der Waals surface area contributed by atoms with Gasteiger partial charge in [-0.05, 0) is 94.1 Å². The van der Waals surface area contributed by atoms with Gasteiger partial charge in [0, 0.05) is 25.2 Å². The van der Waals surface area contributed by atoms with E-state index in [2.05, 4.69) is 0 Å². The number of aliphatic hydroxyl groups is 5. The molecule has 232 valence electrons. The minimum Gasteiger partial charge on any atom is -0.460 e. The topological polar surface area (TPSA) is 171 Å². The number of carbonyl (C=O) groups is 3. The van der Waals surface area contributed by atoms with Crippen LogP contribution in [0.1, 0.15) is 92.9 Å². The molecule has 0 aromatic carbocycles. The molecule has 10 nitrogen and oxygen atoms in total. The summed E-state index contributed by atoms with van der Waals surface area (Å²) in [6.45, 7) is 9.04. The van der Waals surface area contributed by atoms with Gasteiger partial charge in [-0.2, -0.15) is 0 Å². The molecule has 0 amide bonds. The lowest BCUT2D eigenvalue weighted by Gasteiger charge is -2.60. The van der Waals surface area contributed by atoms with E-state index in [1.54, 1.807) is 13.0 Å². The van der Waals surface area contributed by atoms with Crippen LogP contribution in [-0.4, -0.2) is 85.0 Å². The van der Waals surface area contributed by atoms with Crippen LogP contribution in [-0.2, 0) is 23.9 Å². The lowest BCUT2D eigenvalue weighted by atomic mass is 9.45. The van der Waals surface area contributed by atoms with Gasteiger partial charge in [-0.1, -0.05) is 13.8 Å². The maximum absolute atomic E-state index is 13.6. The van der Waals surface area contributed by atoms with Gasteiger partial charge in [-0.25, -0.2) is 0 Å². The van der Waals surface area contributed by atoms with Crippen LogP contribution in [0, 0.1) is 28.6 Å². The van der Waals surface area contributed by atoms with Gasteiger partial charge >= 0.3 is 11.9 Å². The number of fused-ring (bicyclic) bond motifs is 5. The van der Waals surface area contributed by atoms with Gasteiger partial charge in [0.25, 0.3) is 0 Å². The van der Waals surface area contributed by atoms with Crippen LogP contribution in [0.4, 0.5) is 0 Å². The van der Waals surface area contributed by atoms with Gasteiger partial charge in [0.15, 0.2) is 5.78 Å². The molecule has 4 aliphatic carbocycles. The van der Waals surface area contributed by atoms with E-state index in [-0.39, 0.29) is 37.4 Å². The summed E-state index contributed by atoms with van der Waals surface area (Å²) in [4.78, 5) is 37.3. The fraction of sp³-hybridized carbons (Fsp3) is 0.839. The number of aliphatic hydroxyl groups excluding tert-OH is 2. The van der Waals surface area contributed by atoms with Crippen molar-refractivity contribution in [2.24, 2.45) is 28.6 Å². The van der Waals surface area contributed by atoms with Crippen molar-refractivity contribution < 1.29 is 49.4 Å². The minimum atomic E-state index is -1.58. The van der Waals surface area contributed by atoms with Crippen molar-refractivity contribution in [3.05, 3.63) is 11.6 Å². The van der Waals surface area contributed by atoms with Crippen LogP contribution in [0.3, 0.4) is 0 Å². The van der Waals surface area contributed by atoms with Gasteiger partial charge in [-0.15, -0.1) is 0 Å². The summed E-state index contributed by atoms with van der Waals surface area (Å²) in [7, 11) is 0. The number of rotatable bonds is 8. The normalized spacial score (nSPS) is 42.0. The van der Waals surface area contributed by atoms with Crippen molar-refractivity contribution in [3.63, 3.8) is 0 Å². The van der Waals surface area contributed by atoms with E-state index in [0.717, 1.165) is 0 Å². The average Bonchev–Trinajstić information content (AvgIpc) is 3.14. The van der Waals surface area contributed by atoms with E-state index in [4.69, 9.17) is 9.47 Å². The second kappa shape index (κ2) is 10.7. The van der Waals surface area contributed by atoms with Crippen molar-refractivity contribution in [1.29, 1.82) is 0 Å². The molecule has 0 bridgehead atoms. The summed E-state index contributed by atoms with van der Waals surface area (Å²) in [6.07, 6.45) is 1.47. The molecule has 41 heavy (non-hydrogen) atoms. The largest absolute Gasteiger partial charge is 0.460 e. The monoisotopic (exact) mass is 580 g/mol. The van der Waals surface area contributed by atoms with E-state index in [1.165, 1.54) is 20.8 Å². The standard InChI is InChI=1S/C31H48O10/c1-17(33)40-24-14-21-22(35)13-20-19(28(21,4)15-23(24)36)7-11-29(5)25(8-12-31(20,29)39)30(6,38)26(41-18(2)34)9-10-27(3,37)16-32/h13,19,21,23-26,32,36-39H,7-12,14-16H2,1-6H3/t19-,21-,23-,24+,25-,26+,27?,28+,29+,30+,31+/m0/s1. The third-order valence-corrected chi connectivity index (χ3v) is 11.4. The summed E-state index contributed by atoms with van der Waals surface area (Å²) in [5.74, 6) is -2.37. The highest BCUT2D eigenvalue weighted by molar-refractivity contribution is 5.95. The van der Waals surface area contributed by atoms with E-state index >= 15 is 0 Å². The molecule has 0 spiro atoms. The third-order valence-electron chi connectivity index (χ3n) is 11.4. The van der Waals surface area contributed by atoms with Crippen molar-refractivity contribution in [2.75, 3.05) is 6.61 Å². The first-order chi connectivity index (χ1) is 18.8. The maximum Gasteiger partial charge on any atom is 0.303 e. The van der Waals surface area contributed by atoms with Crippen molar-refractivity contribution in [2.45, 2.75) is 128 Å². The van der Waals surface area contributed by atoms with Crippen LogP contribution in [0.2, 0.25) is 0 Å². The van der Waals surface area contributed by atoms with Gasteiger partial charge < -0.3 is 35.0 Å². The smallest absolute Gasteiger partial charge is 0.303 e. The molecule has 0 radical (unpaired) electrons. The highest BCUT2D eigenvalue weighted by Gasteiger charge is 2.69. The average molecular weight is 581 g/mol. The molecule has 5 N–H and O–H groups in total. The molecule has 0 saturated heterocycles. The van der Waals surface area contributed by atoms with Crippen LogP contribution < -0.4 is 0 Å². The van der Waals surface area contributed by atoms with Crippen molar-refractivity contribution in [3.8, 4) is 0 Å². The summed E-state index contributed by atoms with van der Waals surface area (Å²) < 4.78 is 10.9. The Morgan fingerprint density at radius 3 is 2.34 bits per heavy atom. The minimum absolute atomic E-state index is 0.0867. The zero-order valence-electron chi connectivity index (χ0n) is 25.2. The molecular formula is C31H48O10. The zero-order valence-corrected chi connectivity index (χ0v) is 25.2. The van der Waals surface area contributed by atoms with Crippen LogP contribution in [0.5, 0.6) is 0 Å². The Morgan fingerprint density at radius 1 is 1.10 bits per heavy atom. The number of carbonyl (C=O) groups excluding carboxylic acids is 3. The number of hydrogen-bond acceptors (Lipinski definition) is 10. The predicted octanol–water partition coefficient (Wildman–Crippen LogP) is 1.97. The van der Waals surface area contributed by atoms with E-state index in [1.807, 2.05) is 13.8 Å². The molecule has 3 saturated carbocycles. The fourth-order valence-corrected chi connectivity index (χ4v) is 9.05. The summed E-state index contributed by atoms with van der Waals surface area (Å²) in [5, 5.41) is 55.3. The van der Waals surface area contributed by atoms with Gasteiger partial charge in [-0.3, -0.25) is 14.4 Å². The second-order valence-electron chi connectivity index (χ2n) is 14.2. The Bertz CT molecular complexity index is 1100. The summed E-state index contributed by atoms with van der Waals surface area (Å²) in [5.41, 5.74) is -5.24.